The van der Waals surface area contributed by atoms with E-state index in [1.54, 1.807) is 19.1 Å². The fourth-order valence-corrected chi connectivity index (χ4v) is 2.49. The van der Waals surface area contributed by atoms with Crippen molar-refractivity contribution < 1.29 is 9.53 Å². The molecule has 2 rings (SSSR count). The van der Waals surface area contributed by atoms with Crippen LogP contribution in [0, 0.1) is 0 Å². The summed E-state index contributed by atoms with van der Waals surface area (Å²) in [5.74, 6) is 0.585. The van der Waals surface area contributed by atoms with Crippen LogP contribution in [0.1, 0.15) is 13.3 Å². The predicted octanol–water partition coefficient (Wildman–Crippen LogP) is 2.27. The van der Waals surface area contributed by atoms with E-state index in [2.05, 4.69) is 11.9 Å². The second-order valence-electron chi connectivity index (χ2n) is 5.17. The number of hydrogen-bond acceptors (Lipinski definition) is 3. The van der Waals surface area contributed by atoms with Crippen LogP contribution in [-0.4, -0.2) is 55.0 Å². The van der Waals surface area contributed by atoms with E-state index in [4.69, 9.17) is 16.3 Å². The Labute approximate surface area is 125 Å². The zero-order valence-corrected chi connectivity index (χ0v) is 12.8. The van der Waals surface area contributed by atoms with Crippen molar-refractivity contribution >= 4 is 17.5 Å². The number of rotatable bonds is 3. The number of carbonyl (C=O) groups excluding carboxylic acids is 1. The van der Waals surface area contributed by atoms with Crippen LogP contribution in [0.25, 0.3) is 0 Å². The molecule has 1 atom stereocenters. The van der Waals surface area contributed by atoms with Gasteiger partial charge in [-0.1, -0.05) is 23.7 Å². The monoisotopic (exact) mass is 296 g/mol. The lowest BCUT2D eigenvalue weighted by Crippen LogP contribution is -2.42. The van der Waals surface area contributed by atoms with Gasteiger partial charge in [-0.05, 0) is 39.1 Å². The average molecular weight is 297 g/mol. The van der Waals surface area contributed by atoms with Crippen LogP contribution in [0.3, 0.4) is 0 Å². The van der Waals surface area contributed by atoms with Gasteiger partial charge < -0.3 is 14.5 Å². The van der Waals surface area contributed by atoms with E-state index in [1.807, 2.05) is 17.0 Å². The molecule has 0 aromatic heterocycles. The van der Waals surface area contributed by atoms with Crippen LogP contribution < -0.4 is 4.74 Å². The van der Waals surface area contributed by atoms with E-state index in [-0.39, 0.29) is 5.91 Å². The van der Waals surface area contributed by atoms with Crippen molar-refractivity contribution in [2.45, 2.75) is 19.4 Å². The van der Waals surface area contributed by atoms with Gasteiger partial charge in [-0.15, -0.1) is 0 Å². The molecule has 0 spiro atoms. The van der Waals surface area contributed by atoms with Gasteiger partial charge in [0.05, 0.1) is 5.02 Å². The SMILES string of the molecule is C[C@H](Oc1ccccc1Cl)C(=O)N1CCCN(C)CC1. The molecule has 0 radical (unpaired) electrons. The second-order valence-corrected chi connectivity index (χ2v) is 5.58. The Morgan fingerprint density at radius 2 is 2.00 bits per heavy atom. The molecule has 0 aliphatic carbocycles. The molecule has 1 aromatic carbocycles. The van der Waals surface area contributed by atoms with Crippen molar-refractivity contribution in [3.8, 4) is 5.75 Å². The third-order valence-electron chi connectivity index (χ3n) is 3.52. The maximum absolute atomic E-state index is 12.4. The standard InChI is InChI=1S/C15H21ClN2O2/c1-12(20-14-7-4-3-6-13(14)16)15(19)18-9-5-8-17(2)10-11-18/h3-4,6-7,12H,5,8-11H2,1-2H3/t12-/m0/s1. The highest BCUT2D eigenvalue weighted by Crippen LogP contribution is 2.24. The Bertz CT molecular complexity index is 467. The van der Waals surface area contributed by atoms with Gasteiger partial charge in [0, 0.05) is 19.6 Å². The van der Waals surface area contributed by atoms with E-state index >= 15 is 0 Å². The van der Waals surface area contributed by atoms with Crippen molar-refractivity contribution in [3.05, 3.63) is 29.3 Å². The maximum Gasteiger partial charge on any atom is 0.263 e. The van der Waals surface area contributed by atoms with Gasteiger partial charge in [-0.2, -0.15) is 0 Å². The third kappa shape index (κ3) is 3.87. The van der Waals surface area contributed by atoms with Gasteiger partial charge in [0.15, 0.2) is 6.10 Å². The van der Waals surface area contributed by atoms with E-state index in [1.165, 1.54) is 0 Å². The molecule has 4 nitrogen and oxygen atoms in total. The highest BCUT2D eigenvalue weighted by atomic mass is 35.5. The first-order valence-electron chi connectivity index (χ1n) is 6.96. The first-order chi connectivity index (χ1) is 9.58. The van der Waals surface area contributed by atoms with Crippen LogP contribution in [-0.2, 0) is 4.79 Å². The first kappa shape index (κ1) is 15.1. The lowest BCUT2D eigenvalue weighted by atomic mass is 10.3. The Hall–Kier alpha value is -1.26. The fraction of sp³-hybridized carbons (Fsp3) is 0.533. The number of hydrogen-bond donors (Lipinski definition) is 0. The fourth-order valence-electron chi connectivity index (χ4n) is 2.31. The summed E-state index contributed by atoms with van der Waals surface area (Å²) in [5, 5.41) is 0.530. The van der Waals surface area contributed by atoms with Crippen molar-refractivity contribution in [1.29, 1.82) is 0 Å². The van der Waals surface area contributed by atoms with E-state index in [0.717, 1.165) is 32.6 Å². The Balaban J connectivity index is 1.96. The van der Waals surface area contributed by atoms with Gasteiger partial charge in [-0.3, -0.25) is 4.79 Å². The van der Waals surface area contributed by atoms with Crippen LogP contribution in [0.4, 0.5) is 0 Å². The molecule has 1 amide bonds. The molecule has 1 heterocycles. The lowest BCUT2D eigenvalue weighted by Gasteiger charge is -2.24. The number of halogens is 1. The van der Waals surface area contributed by atoms with Gasteiger partial charge >= 0.3 is 0 Å². The smallest absolute Gasteiger partial charge is 0.263 e. The number of benzene rings is 1. The normalized spacial score (nSPS) is 18.4. The minimum absolute atomic E-state index is 0.0280. The Morgan fingerprint density at radius 3 is 2.75 bits per heavy atom. The largest absolute Gasteiger partial charge is 0.479 e. The van der Waals surface area contributed by atoms with Crippen molar-refractivity contribution in [2.75, 3.05) is 33.2 Å². The number of amides is 1. The number of likely N-dealkylation sites (N-methyl/N-ethyl adjacent to an activating group) is 1. The Morgan fingerprint density at radius 1 is 1.25 bits per heavy atom. The van der Waals surface area contributed by atoms with Gasteiger partial charge in [0.25, 0.3) is 5.91 Å². The molecular formula is C15H21ClN2O2. The number of ether oxygens (including phenoxy) is 1. The number of carbonyl (C=O) groups is 1. The summed E-state index contributed by atoms with van der Waals surface area (Å²) >= 11 is 6.05. The molecular weight excluding hydrogens is 276 g/mol. The molecule has 1 aliphatic heterocycles. The summed E-state index contributed by atoms with van der Waals surface area (Å²) in [7, 11) is 2.08. The summed E-state index contributed by atoms with van der Waals surface area (Å²) in [6.07, 6.45) is 0.486. The van der Waals surface area contributed by atoms with E-state index in [9.17, 15) is 4.79 Å². The zero-order chi connectivity index (χ0) is 14.5. The molecule has 5 heteroatoms. The van der Waals surface area contributed by atoms with Crippen LogP contribution in [0.5, 0.6) is 5.75 Å². The minimum atomic E-state index is -0.515. The summed E-state index contributed by atoms with van der Waals surface area (Å²) < 4.78 is 5.69. The van der Waals surface area contributed by atoms with E-state index in [0.29, 0.717) is 10.8 Å². The maximum atomic E-state index is 12.4. The van der Waals surface area contributed by atoms with Gasteiger partial charge in [-0.25, -0.2) is 0 Å². The molecule has 1 fully saturated rings. The summed E-state index contributed by atoms with van der Waals surface area (Å²) in [4.78, 5) is 16.5. The molecule has 0 saturated carbocycles. The number of para-hydroxylation sites is 1. The van der Waals surface area contributed by atoms with Crippen molar-refractivity contribution in [1.82, 2.24) is 9.80 Å². The van der Waals surface area contributed by atoms with Crippen LogP contribution in [0.2, 0.25) is 5.02 Å². The van der Waals surface area contributed by atoms with Crippen LogP contribution >= 0.6 is 11.6 Å². The van der Waals surface area contributed by atoms with Gasteiger partial charge in [0.1, 0.15) is 5.75 Å². The van der Waals surface area contributed by atoms with Gasteiger partial charge in [0.2, 0.25) is 0 Å². The summed E-state index contributed by atoms with van der Waals surface area (Å²) in [6.45, 7) is 5.26. The second kappa shape index (κ2) is 6.95. The molecule has 0 bridgehead atoms. The molecule has 20 heavy (non-hydrogen) atoms. The molecule has 0 unspecified atom stereocenters. The summed E-state index contributed by atoms with van der Waals surface area (Å²) in [6, 6.07) is 7.23. The molecule has 1 saturated heterocycles. The highest BCUT2D eigenvalue weighted by Gasteiger charge is 2.24. The Kier molecular flexibility index (Phi) is 5.26. The number of nitrogens with zero attached hydrogens (tertiary/aromatic N) is 2. The zero-order valence-electron chi connectivity index (χ0n) is 12.0. The van der Waals surface area contributed by atoms with Crippen LogP contribution in [0.15, 0.2) is 24.3 Å². The van der Waals surface area contributed by atoms with Crippen molar-refractivity contribution in [3.63, 3.8) is 0 Å². The average Bonchev–Trinajstić information content (AvgIpc) is 2.65. The predicted molar refractivity (Wildman–Crippen MR) is 80.2 cm³/mol. The molecule has 110 valence electrons. The summed E-state index contributed by atoms with van der Waals surface area (Å²) in [5.41, 5.74) is 0. The highest BCUT2D eigenvalue weighted by molar-refractivity contribution is 6.32. The minimum Gasteiger partial charge on any atom is -0.479 e. The quantitative estimate of drug-likeness (QED) is 0.858. The van der Waals surface area contributed by atoms with E-state index < -0.39 is 6.10 Å². The topological polar surface area (TPSA) is 32.8 Å². The van der Waals surface area contributed by atoms with Crippen molar-refractivity contribution in [2.24, 2.45) is 0 Å². The molecule has 0 N–H and O–H groups in total. The molecule has 1 aliphatic rings. The third-order valence-corrected chi connectivity index (χ3v) is 3.83. The molecule has 1 aromatic rings. The lowest BCUT2D eigenvalue weighted by molar-refractivity contribution is -0.137. The first-order valence-corrected chi connectivity index (χ1v) is 7.34.